The van der Waals surface area contributed by atoms with Gasteiger partial charge in [-0.05, 0) is 400 Å². The monoisotopic (exact) mass is 1980 g/mol. The van der Waals surface area contributed by atoms with E-state index in [4.69, 9.17) is 33.2 Å². The van der Waals surface area contributed by atoms with Crippen molar-refractivity contribution in [3.8, 4) is 0 Å². The van der Waals surface area contributed by atoms with Crippen molar-refractivity contribution in [2.75, 3.05) is 52.9 Å². The molecule has 28 saturated carbocycles. The lowest BCUT2D eigenvalue weighted by atomic mass is 9.48. The average molecular weight is 1980 g/mol. The molecule has 0 aromatic rings. The van der Waals surface area contributed by atoms with Gasteiger partial charge in [0, 0.05) is 59.7 Å². The van der Waals surface area contributed by atoms with Crippen molar-refractivity contribution in [3.05, 3.63) is 0 Å². The number of hydrogen-bond donors (Lipinski definition) is 7. The number of carbonyl (C=O) groups excluding carboxylic acids is 7. The summed E-state index contributed by atoms with van der Waals surface area (Å²) in [6, 6.07) is 0. The summed E-state index contributed by atoms with van der Waals surface area (Å²) in [6.07, 6.45) is 31.6. The van der Waals surface area contributed by atoms with E-state index in [1.807, 2.05) is 0 Å². The molecule has 0 amide bonds. The topological polar surface area (TPSA) is 335 Å². The number of aliphatic hydroxyl groups is 7. The van der Waals surface area contributed by atoms with Gasteiger partial charge in [-0.25, -0.2) is 41.9 Å². The summed E-state index contributed by atoms with van der Waals surface area (Å²) in [6.45, 7) is 11.5. The van der Waals surface area contributed by atoms with Gasteiger partial charge in [0.1, 0.15) is 6.61 Å². The molecule has 0 aliphatic heterocycles. The minimum Gasteiger partial charge on any atom is -0.464 e. The first-order valence-electron chi connectivity index (χ1n) is 51.4. The van der Waals surface area contributed by atoms with E-state index in [9.17, 15) is 122 Å². The normalized spacial score (nSPS) is 43.4. The fourth-order valence-corrected chi connectivity index (χ4v) is 34.2. The number of esters is 7. The maximum Gasteiger partial charge on any atom is 0.404 e. The number of carbonyl (C=O) groups is 7. The molecule has 0 saturated heterocycles. The van der Waals surface area contributed by atoms with E-state index in [0.29, 0.717) is 130 Å². The predicted octanol–water partition coefficient (Wildman–Crippen LogP) is 18.3. The van der Waals surface area contributed by atoms with E-state index in [0.717, 1.165) is 213 Å². The molecule has 0 heterocycles. The highest BCUT2D eigenvalue weighted by Crippen LogP contribution is 2.69. The quantitative estimate of drug-likeness (QED) is 0.0216. The largest absolute Gasteiger partial charge is 0.464 e. The molecule has 15 unspecified atom stereocenters. The Kier molecular flexibility index (Phi) is 29.2. The summed E-state index contributed by atoms with van der Waals surface area (Å²) >= 11 is 0. The van der Waals surface area contributed by atoms with Crippen LogP contribution in [0.15, 0.2) is 0 Å². The van der Waals surface area contributed by atoms with Crippen molar-refractivity contribution >= 4 is 41.8 Å². The van der Waals surface area contributed by atoms with Crippen LogP contribution in [0.5, 0.6) is 0 Å². The molecule has 786 valence electrons. The first-order chi connectivity index (χ1) is 63.3. The lowest BCUT2D eigenvalue weighted by molar-refractivity contribution is -0.232. The van der Waals surface area contributed by atoms with Crippen molar-refractivity contribution in [1.82, 2.24) is 0 Å². The summed E-state index contributed by atoms with van der Waals surface area (Å²) in [4.78, 5) is 80.0. The summed E-state index contributed by atoms with van der Waals surface area (Å²) in [5.74, 6) is -10.6. The zero-order valence-electron chi connectivity index (χ0n) is 82.6. The van der Waals surface area contributed by atoms with Crippen molar-refractivity contribution < 1.29 is 160 Å². The first kappa shape index (κ1) is 107. The Morgan fingerprint density at radius 3 is 0.797 bits per heavy atom. The van der Waals surface area contributed by atoms with Gasteiger partial charge in [-0.2, -0.15) is 39.5 Å². The van der Waals surface area contributed by atoms with Crippen LogP contribution in [0.2, 0.25) is 0 Å². The average Bonchev–Trinajstić information content (AvgIpc) is 0.744. The third-order valence-corrected chi connectivity index (χ3v) is 36.8. The highest BCUT2D eigenvalue weighted by molar-refractivity contribution is 5.80. The molecular formula is C104H154F12O22. The molecule has 0 aromatic heterocycles. The molecule has 28 fully saturated rings. The molecule has 7 N–H and O–H groups in total. The Morgan fingerprint density at radius 1 is 0.261 bits per heavy atom. The number of halogens is 12. The first-order valence-corrected chi connectivity index (χ1v) is 51.4. The molecule has 0 aromatic carbocycles. The molecule has 15 atom stereocenters. The Labute approximate surface area is 803 Å². The van der Waals surface area contributed by atoms with Crippen LogP contribution in [0.4, 0.5) is 52.7 Å². The Morgan fingerprint density at radius 2 is 0.507 bits per heavy atom. The summed E-state index contributed by atoms with van der Waals surface area (Å²) in [5, 5.41) is 73.4. The van der Waals surface area contributed by atoms with Gasteiger partial charge in [0.25, 0.3) is 0 Å². The van der Waals surface area contributed by atoms with E-state index in [-0.39, 0.29) is 109 Å². The van der Waals surface area contributed by atoms with Crippen LogP contribution >= 0.6 is 0 Å². The third-order valence-electron chi connectivity index (χ3n) is 36.8. The van der Waals surface area contributed by atoms with Gasteiger partial charge in [0.2, 0.25) is 17.0 Å². The van der Waals surface area contributed by atoms with Gasteiger partial charge in [-0.15, -0.1) is 0 Å². The number of aliphatic hydroxyl groups excluding tert-OH is 2. The van der Waals surface area contributed by atoms with Crippen molar-refractivity contribution in [2.45, 2.75) is 420 Å². The van der Waals surface area contributed by atoms with Crippen molar-refractivity contribution in [3.63, 3.8) is 0 Å². The molecule has 22 nitrogen and oxygen atoms in total. The third kappa shape index (κ3) is 24.2. The molecule has 28 aliphatic rings. The maximum absolute atomic E-state index is 13.5. The molecule has 0 radical (unpaired) electrons. The number of alkyl halides is 12. The second-order valence-electron chi connectivity index (χ2n) is 52.6. The summed E-state index contributed by atoms with van der Waals surface area (Å²) in [5.41, 5.74) is -12.8. The SMILES string of the molecule is CC(C)(C(=O)OCC12CC3CC(CC(O)(C3)C1)C2)C(F)(F)F.CC(C)(F)C(=O)OCC12CC3CC(CC(O)(C3)C1)C2.CC(C)(F)C(=O)OCC12CC3CC(CC(O)(C3)C1)C2.CC(C)(F)C(=O)OCC12CC3CC(CC(O)(C3)C1)C2.CC(F)(F)C(=O)OCC12CC3CC(C1)C(O)C(C3)C2.CC(F)(F)C(=O)OCC12CC3CC(CC(C3)C1O)C2.CC(F)(F)C(=O)OCCOC12CC3CC(CC(O)(C3)C1)C2. The second-order valence-corrected chi connectivity index (χ2v) is 52.6. The van der Waals surface area contributed by atoms with Gasteiger partial charge < -0.3 is 73.6 Å². The van der Waals surface area contributed by atoms with Crippen LogP contribution in [0, 0.1) is 133 Å². The Bertz CT molecular complexity index is 4140. The van der Waals surface area contributed by atoms with Crippen LogP contribution in [0.1, 0.15) is 333 Å². The minimum absolute atomic E-state index is 0.000648. The highest BCUT2D eigenvalue weighted by atomic mass is 19.4. The lowest BCUT2D eigenvalue weighted by Gasteiger charge is -2.60. The fourth-order valence-electron chi connectivity index (χ4n) is 34.2. The minimum atomic E-state index is -4.62. The van der Waals surface area contributed by atoms with Gasteiger partial charge in [-0.1, -0.05) is 0 Å². The summed E-state index contributed by atoms with van der Waals surface area (Å²) < 4.78 is 197. The van der Waals surface area contributed by atoms with E-state index >= 15 is 0 Å². The van der Waals surface area contributed by atoms with Gasteiger partial charge in [0.05, 0.1) is 92.1 Å². The smallest absolute Gasteiger partial charge is 0.404 e. The second kappa shape index (κ2) is 37.5. The van der Waals surface area contributed by atoms with Crippen LogP contribution < -0.4 is 0 Å². The number of rotatable bonds is 23. The molecular weight excluding hydrogens is 1830 g/mol. The van der Waals surface area contributed by atoms with E-state index in [1.165, 1.54) is 67.2 Å². The van der Waals surface area contributed by atoms with Crippen molar-refractivity contribution in [1.29, 1.82) is 0 Å². The van der Waals surface area contributed by atoms with E-state index in [1.54, 1.807) is 0 Å². The Hall–Kier alpha value is -4.87. The fraction of sp³-hybridized carbons (Fsp3) is 0.933. The van der Waals surface area contributed by atoms with Crippen LogP contribution in [-0.2, 0) is 71.5 Å². The van der Waals surface area contributed by atoms with Gasteiger partial charge in [-0.3, -0.25) is 4.79 Å². The van der Waals surface area contributed by atoms with E-state index < -0.39 is 128 Å². The zero-order chi connectivity index (χ0) is 101. The van der Waals surface area contributed by atoms with Crippen LogP contribution in [0.3, 0.4) is 0 Å². The van der Waals surface area contributed by atoms with Crippen molar-refractivity contribution in [2.24, 2.45) is 133 Å². The number of ether oxygens (including phenoxy) is 8. The molecule has 28 bridgehead atoms. The maximum atomic E-state index is 13.5. The van der Waals surface area contributed by atoms with E-state index in [2.05, 4.69) is 4.74 Å². The highest BCUT2D eigenvalue weighted by Gasteiger charge is 2.66. The molecule has 34 heteroatoms. The Balaban J connectivity index is 0.000000122. The predicted molar refractivity (Wildman–Crippen MR) is 475 cm³/mol. The molecule has 28 aliphatic carbocycles. The molecule has 0 spiro atoms. The lowest BCUT2D eigenvalue weighted by Crippen LogP contribution is -2.60. The van der Waals surface area contributed by atoms with Gasteiger partial charge in [0.15, 0.2) is 5.41 Å². The van der Waals surface area contributed by atoms with Crippen LogP contribution in [-0.4, -0.2) is 217 Å². The molecule has 138 heavy (non-hydrogen) atoms. The summed E-state index contributed by atoms with van der Waals surface area (Å²) in [7, 11) is 0. The standard InChI is InChI=1S/C16H23F3O3.C15H22F2O4.3C15H23FO3.2C14H20F2O3/c1-13(2,16(17,18)19)12(20)22-9-14-4-10-3-11(5-14)7-15(21,6-10)8-14;1-13(16,17)12(18)20-2-3-21-15-7-10-4-11(8-15)6-14(19,5-10)9-15;3*1-13(2,16)12(17)19-9-14-4-10-3-11(5-14)7-15(18,6-10)8-14;1-13(15,16)12(18)19-7-14-5-8-2-9(6-14)4-10(3-8)11(14)17;1-13(15,16)12(18)19-7-14-4-8-2-9(5-14)11(17)10(3-8)6-14/h10-11,21H,3-9H2,1-2H3;10-11,19H,2-9H2,1H3;3*10-11,18H,3-9H2,1-2H3;2*8-11,17H,2-7H2,1H3. The number of hydrogen-bond acceptors (Lipinski definition) is 22. The zero-order valence-corrected chi connectivity index (χ0v) is 82.6. The van der Waals surface area contributed by atoms with Gasteiger partial charge >= 0.3 is 65.7 Å². The molecule has 28 rings (SSSR count). The van der Waals surface area contributed by atoms with Crippen LogP contribution in [0.25, 0.3) is 0 Å².